The number of carbonyl (C=O) groups excluding carboxylic acids is 2. The number of hydrogen-bond acceptors (Lipinski definition) is 4. The van der Waals surface area contributed by atoms with Crippen molar-refractivity contribution in [3.05, 3.63) is 59.7 Å². The number of alkyl carbamates (subject to hydrolysis) is 1. The number of rotatable bonds is 10. The number of carbonyl (C=O) groups is 3. The topological polar surface area (TPSA) is 95.9 Å². The van der Waals surface area contributed by atoms with Gasteiger partial charge in [0, 0.05) is 25.4 Å². The molecular formula is C28H34N2O5. The van der Waals surface area contributed by atoms with Crippen LogP contribution in [0.1, 0.15) is 62.5 Å². The molecule has 1 aliphatic heterocycles. The van der Waals surface area contributed by atoms with E-state index < -0.39 is 18.1 Å². The molecule has 2 atom stereocenters. The molecule has 1 aliphatic carbocycles. The summed E-state index contributed by atoms with van der Waals surface area (Å²) in [6, 6.07) is 15.8. The maximum Gasteiger partial charge on any atom is 0.407 e. The molecule has 0 saturated carbocycles. The quantitative estimate of drug-likeness (QED) is 0.512. The Morgan fingerprint density at radius 1 is 1.06 bits per heavy atom. The first-order valence-corrected chi connectivity index (χ1v) is 12.6. The summed E-state index contributed by atoms with van der Waals surface area (Å²) < 4.78 is 5.59. The number of aliphatic carboxylic acids is 1. The maximum absolute atomic E-state index is 12.5. The van der Waals surface area contributed by atoms with Crippen LogP contribution in [-0.2, 0) is 14.3 Å². The van der Waals surface area contributed by atoms with Crippen molar-refractivity contribution in [2.75, 3.05) is 19.7 Å². The van der Waals surface area contributed by atoms with Crippen molar-refractivity contribution in [1.29, 1.82) is 0 Å². The lowest BCUT2D eigenvalue weighted by Gasteiger charge is -2.23. The molecule has 7 nitrogen and oxygen atoms in total. The highest BCUT2D eigenvalue weighted by atomic mass is 16.5. The van der Waals surface area contributed by atoms with E-state index >= 15 is 0 Å². The summed E-state index contributed by atoms with van der Waals surface area (Å²) in [6.07, 6.45) is 3.50. The summed E-state index contributed by atoms with van der Waals surface area (Å²) in [5.74, 6) is -0.700. The minimum Gasteiger partial charge on any atom is -0.480 e. The summed E-state index contributed by atoms with van der Waals surface area (Å²) in [4.78, 5) is 37.7. The van der Waals surface area contributed by atoms with E-state index in [1.807, 2.05) is 24.3 Å². The number of amides is 2. The minimum atomic E-state index is -0.921. The van der Waals surface area contributed by atoms with Crippen molar-refractivity contribution in [1.82, 2.24) is 10.2 Å². The predicted octanol–water partition coefficient (Wildman–Crippen LogP) is 4.80. The summed E-state index contributed by atoms with van der Waals surface area (Å²) in [6.45, 7) is 3.35. The van der Waals surface area contributed by atoms with Crippen molar-refractivity contribution < 1.29 is 24.2 Å². The number of carboxylic acid groups (broad SMARTS) is 1. The first-order valence-electron chi connectivity index (χ1n) is 12.6. The van der Waals surface area contributed by atoms with E-state index in [9.17, 15) is 19.5 Å². The van der Waals surface area contributed by atoms with Gasteiger partial charge in [-0.2, -0.15) is 0 Å². The summed E-state index contributed by atoms with van der Waals surface area (Å²) in [5, 5.41) is 12.1. The third kappa shape index (κ3) is 5.66. The van der Waals surface area contributed by atoms with Gasteiger partial charge in [-0.05, 0) is 53.9 Å². The smallest absolute Gasteiger partial charge is 0.407 e. The van der Waals surface area contributed by atoms with E-state index in [1.54, 1.807) is 0 Å². The van der Waals surface area contributed by atoms with Crippen molar-refractivity contribution >= 4 is 18.0 Å². The number of nitrogens with zero attached hydrogens (tertiary/aromatic N) is 1. The van der Waals surface area contributed by atoms with E-state index in [-0.39, 0.29) is 24.3 Å². The number of likely N-dealkylation sites (tertiary alicyclic amines) is 1. The normalized spacial score (nSPS) is 17.5. The molecule has 2 N–H and O–H groups in total. The lowest BCUT2D eigenvalue weighted by Crippen LogP contribution is -2.40. The molecule has 4 rings (SSSR count). The fourth-order valence-electron chi connectivity index (χ4n) is 5.37. The third-order valence-electron chi connectivity index (χ3n) is 7.37. The van der Waals surface area contributed by atoms with E-state index in [2.05, 4.69) is 36.5 Å². The van der Waals surface area contributed by atoms with Gasteiger partial charge >= 0.3 is 12.1 Å². The number of fused-ring (bicyclic) bond motifs is 3. The first-order chi connectivity index (χ1) is 17.0. The number of carboxylic acids is 1. The van der Waals surface area contributed by atoms with Crippen LogP contribution in [0.15, 0.2) is 48.5 Å². The second kappa shape index (κ2) is 11.4. The van der Waals surface area contributed by atoms with Gasteiger partial charge in [0.1, 0.15) is 12.6 Å². The molecule has 1 heterocycles. The SMILES string of the molecule is CCC(CCNC(=O)OCC1c2ccccc2-c2ccccc21)CCC(=O)N1CCC[C@@H]1C(=O)O. The van der Waals surface area contributed by atoms with Crippen molar-refractivity contribution in [2.24, 2.45) is 5.92 Å². The molecular weight excluding hydrogens is 444 g/mol. The van der Waals surface area contributed by atoms with E-state index in [0.29, 0.717) is 32.4 Å². The second-order valence-corrected chi connectivity index (χ2v) is 9.44. The molecule has 35 heavy (non-hydrogen) atoms. The van der Waals surface area contributed by atoms with Crippen LogP contribution < -0.4 is 5.32 Å². The Bertz CT molecular complexity index is 1020. The van der Waals surface area contributed by atoms with Gasteiger partial charge in [-0.1, -0.05) is 61.9 Å². The predicted molar refractivity (Wildman–Crippen MR) is 133 cm³/mol. The molecule has 2 aromatic carbocycles. The Kier molecular flexibility index (Phi) is 8.06. The first kappa shape index (κ1) is 24.8. The van der Waals surface area contributed by atoms with Crippen LogP contribution in [-0.4, -0.2) is 53.7 Å². The molecule has 2 aromatic rings. The standard InChI is InChI=1S/C28H34N2O5/c1-2-19(13-14-26(31)30-17-7-12-25(30)27(32)33)15-16-29-28(34)35-18-24-22-10-5-3-8-20(22)21-9-4-6-11-23(21)24/h3-6,8-11,19,24-25H,2,7,12-18H2,1H3,(H,29,34)(H,32,33)/t19?,25-/m1/s1. The van der Waals surface area contributed by atoms with E-state index in [0.717, 1.165) is 19.3 Å². The average Bonchev–Trinajstić information content (AvgIpc) is 3.48. The fourth-order valence-corrected chi connectivity index (χ4v) is 5.37. The molecule has 0 radical (unpaired) electrons. The maximum atomic E-state index is 12.5. The molecule has 0 bridgehead atoms. The zero-order valence-corrected chi connectivity index (χ0v) is 20.2. The molecule has 7 heteroatoms. The van der Waals surface area contributed by atoms with Crippen LogP contribution >= 0.6 is 0 Å². The lowest BCUT2D eigenvalue weighted by atomic mass is 9.96. The minimum absolute atomic E-state index is 0.0303. The molecule has 0 spiro atoms. The van der Waals surface area contributed by atoms with Gasteiger partial charge in [-0.3, -0.25) is 4.79 Å². The van der Waals surface area contributed by atoms with Crippen LogP contribution in [0.25, 0.3) is 11.1 Å². The van der Waals surface area contributed by atoms with Crippen LogP contribution in [0.4, 0.5) is 4.79 Å². The highest BCUT2D eigenvalue weighted by Crippen LogP contribution is 2.44. The van der Waals surface area contributed by atoms with Gasteiger partial charge in [0.15, 0.2) is 0 Å². The zero-order chi connectivity index (χ0) is 24.8. The van der Waals surface area contributed by atoms with Gasteiger partial charge < -0.3 is 20.1 Å². The summed E-state index contributed by atoms with van der Waals surface area (Å²) in [5.41, 5.74) is 4.75. The van der Waals surface area contributed by atoms with E-state index in [1.165, 1.54) is 27.2 Å². The van der Waals surface area contributed by atoms with Crippen molar-refractivity contribution in [2.45, 2.75) is 57.4 Å². The Balaban J connectivity index is 1.21. The molecule has 0 aromatic heterocycles. The van der Waals surface area contributed by atoms with Crippen LogP contribution in [0, 0.1) is 5.92 Å². The summed E-state index contributed by atoms with van der Waals surface area (Å²) >= 11 is 0. The van der Waals surface area contributed by atoms with Crippen LogP contribution in [0.2, 0.25) is 0 Å². The van der Waals surface area contributed by atoms with Gasteiger partial charge in [0.2, 0.25) is 5.91 Å². The van der Waals surface area contributed by atoms with Crippen molar-refractivity contribution in [3.63, 3.8) is 0 Å². The molecule has 1 saturated heterocycles. The van der Waals surface area contributed by atoms with Gasteiger partial charge in [0.25, 0.3) is 0 Å². The van der Waals surface area contributed by atoms with E-state index in [4.69, 9.17) is 4.74 Å². The van der Waals surface area contributed by atoms with Gasteiger partial charge in [-0.25, -0.2) is 9.59 Å². The average molecular weight is 479 g/mol. The third-order valence-corrected chi connectivity index (χ3v) is 7.37. The molecule has 2 aliphatic rings. The lowest BCUT2D eigenvalue weighted by molar-refractivity contribution is -0.148. The van der Waals surface area contributed by atoms with Gasteiger partial charge in [0.05, 0.1) is 0 Å². The highest BCUT2D eigenvalue weighted by molar-refractivity contribution is 5.84. The Morgan fingerprint density at radius 3 is 2.34 bits per heavy atom. The number of nitrogens with one attached hydrogen (secondary N) is 1. The van der Waals surface area contributed by atoms with Crippen LogP contribution in [0.3, 0.4) is 0 Å². The fraction of sp³-hybridized carbons (Fsp3) is 0.464. The van der Waals surface area contributed by atoms with Gasteiger partial charge in [-0.15, -0.1) is 0 Å². The molecule has 1 unspecified atom stereocenters. The second-order valence-electron chi connectivity index (χ2n) is 9.44. The largest absolute Gasteiger partial charge is 0.480 e. The monoisotopic (exact) mass is 478 g/mol. The zero-order valence-electron chi connectivity index (χ0n) is 20.2. The molecule has 186 valence electrons. The number of ether oxygens (including phenoxy) is 1. The summed E-state index contributed by atoms with van der Waals surface area (Å²) in [7, 11) is 0. The highest BCUT2D eigenvalue weighted by Gasteiger charge is 2.33. The Morgan fingerprint density at radius 2 is 1.71 bits per heavy atom. The molecule has 2 amide bonds. The van der Waals surface area contributed by atoms with Crippen molar-refractivity contribution in [3.8, 4) is 11.1 Å². The number of hydrogen-bond donors (Lipinski definition) is 2. The Labute approximate surface area is 206 Å². The molecule has 1 fully saturated rings. The number of benzene rings is 2. The van der Waals surface area contributed by atoms with Crippen LogP contribution in [0.5, 0.6) is 0 Å². The Hall–Kier alpha value is -3.35.